The Morgan fingerprint density at radius 3 is 2.19 bits per heavy atom. The number of β-amino-alcohol motifs (C(OH)–C–C–N with tert-alkyl or cyclic N) is 1. The summed E-state index contributed by atoms with van der Waals surface area (Å²) in [6, 6.07) is 27.4. The van der Waals surface area contributed by atoms with Crippen molar-refractivity contribution in [2.45, 2.75) is 123 Å². The summed E-state index contributed by atoms with van der Waals surface area (Å²) in [5.41, 5.74) is 10.5. The Morgan fingerprint density at radius 2 is 1.52 bits per heavy atom. The van der Waals surface area contributed by atoms with Crippen LogP contribution in [-0.4, -0.2) is 109 Å². The predicted octanol–water partition coefficient (Wildman–Crippen LogP) is 9.88. The number of thiazole rings is 1. The molecule has 20 heteroatoms. The standard InChI is InChI=1S/C63H65N9O9S2/c1-32-35(4)83-62-53(32)54(67-48(29-52(74)79-9)57-70-69-36(5)72(57)62)40-16-12-38(13-17-40)39-14-20-42(21-15-39)58(75)66-44-26-47(27-44)80-46-22-23-50-43(24-46)25-51(81-50)60(77)68-56(63(6,7)8)61(78)71-30-45(73)28-49(71)59(76)65-33(2)37-10-18-41(19-11-37)55-34(3)64-31-82-55/h10-25,31,33,44-45,47-49,56,73H,26-30H2,1-9H3,(H,65,76)(H,66,75)(H,68,77)/t33-,44-,45+,47+,48-,49-,56+/m0/s1. The number of aliphatic imine (C=N–C) groups is 1. The summed E-state index contributed by atoms with van der Waals surface area (Å²) in [7, 11) is 1.37. The van der Waals surface area contributed by atoms with E-state index in [2.05, 4.69) is 45.0 Å². The Balaban J connectivity index is 0.680. The van der Waals surface area contributed by atoms with Crippen molar-refractivity contribution in [3.05, 3.63) is 158 Å². The molecule has 0 radical (unpaired) electrons. The fourth-order valence-electron chi connectivity index (χ4n) is 11.1. The highest BCUT2D eigenvalue weighted by atomic mass is 32.1. The fraction of sp³-hybridized carbons (Fsp3) is 0.349. The Kier molecular flexibility index (Phi) is 15.5. The third-order valence-electron chi connectivity index (χ3n) is 15.9. The highest BCUT2D eigenvalue weighted by Crippen LogP contribution is 2.41. The number of hydrogen-bond donors (Lipinski definition) is 4. The van der Waals surface area contributed by atoms with Crippen molar-refractivity contribution >= 4 is 69.0 Å². The summed E-state index contributed by atoms with van der Waals surface area (Å²) >= 11 is 3.22. The minimum absolute atomic E-state index is 0.00305. The summed E-state index contributed by atoms with van der Waals surface area (Å²) < 4.78 is 19.3. The molecule has 1 saturated heterocycles. The van der Waals surface area contributed by atoms with E-state index in [0.29, 0.717) is 46.8 Å². The number of aliphatic hydroxyl groups excluding tert-OH is 1. The smallest absolute Gasteiger partial charge is 0.308 e. The Labute approximate surface area is 488 Å². The molecule has 6 heterocycles. The molecule has 0 spiro atoms. The van der Waals surface area contributed by atoms with E-state index in [1.807, 2.05) is 124 Å². The molecule has 0 bridgehead atoms. The first-order valence-corrected chi connectivity index (χ1v) is 29.4. The molecule has 8 aromatic rings. The second-order valence-electron chi connectivity index (χ2n) is 22.8. The first-order valence-electron chi connectivity index (χ1n) is 27.7. The van der Waals surface area contributed by atoms with E-state index in [1.54, 1.807) is 46.9 Å². The van der Waals surface area contributed by atoms with Gasteiger partial charge in [0.1, 0.15) is 46.4 Å². The van der Waals surface area contributed by atoms with Crippen molar-refractivity contribution < 1.29 is 43.0 Å². The molecule has 4 N–H and O–H groups in total. The number of carbonyl (C=O) groups is 5. The highest BCUT2D eigenvalue weighted by molar-refractivity contribution is 7.15. The summed E-state index contributed by atoms with van der Waals surface area (Å²) in [5.74, 6) is -0.168. The SMILES string of the molecule is COC(=O)C[C@@H]1N=C(c2ccc(-c3ccc(C(=O)N[C@H]4C[C@@H](Oc5ccc6oc(C(=O)N[C@H](C(=O)N7C[C@H](O)C[C@H]7C(=O)N[C@@H](C)c7ccc(-c8scnc8C)cc7)C(C)(C)C)cc6c5)C4)cc3)cc2)c2c(sc(C)c2C)-n2c(C)nnc21. The van der Waals surface area contributed by atoms with E-state index in [4.69, 9.17) is 18.9 Å². The van der Waals surface area contributed by atoms with E-state index >= 15 is 0 Å². The highest BCUT2D eigenvalue weighted by Gasteiger charge is 2.45. The van der Waals surface area contributed by atoms with Gasteiger partial charge in [-0.2, -0.15) is 0 Å². The van der Waals surface area contributed by atoms with Crippen LogP contribution in [0, 0.1) is 33.1 Å². The number of fused-ring (bicyclic) bond motifs is 4. The van der Waals surface area contributed by atoms with E-state index in [0.717, 1.165) is 65.1 Å². The summed E-state index contributed by atoms with van der Waals surface area (Å²) in [5, 5.41) is 30.2. The number of esters is 1. The Morgan fingerprint density at radius 1 is 0.831 bits per heavy atom. The third-order valence-corrected chi connectivity index (χ3v) is 18.1. The molecule has 2 fully saturated rings. The molecule has 5 atom stereocenters. The molecule has 1 aliphatic carbocycles. The van der Waals surface area contributed by atoms with Crippen molar-refractivity contribution in [3.8, 4) is 32.3 Å². The van der Waals surface area contributed by atoms with Gasteiger partial charge in [-0.1, -0.05) is 81.4 Å². The monoisotopic (exact) mass is 1160 g/mol. The zero-order valence-corrected chi connectivity index (χ0v) is 49.2. The van der Waals surface area contributed by atoms with Crippen LogP contribution in [0.3, 0.4) is 0 Å². The van der Waals surface area contributed by atoms with Gasteiger partial charge in [0.15, 0.2) is 11.6 Å². The molecule has 4 amide bonds. The van der Waals surface area contributed by atoms with Gasteiger partial charge in [-0.3, -0.25) is 33.5 Å². The first-order chi connectivity index (χ1) is 39.7. The fourth-order valence-corrected chi connectivity index (χ4v) is 13.1. The lowest BCUT2D eigenvalue weighted by Gasteiger charge is -2.35. The van der Waals surface area contributed by atoms with Crippen LogP contribution in [0.15, 0.2) is 112 Å². The number of thiophene rings is 1. The average Bonchev–Trinajstić information content (AvgIpc) is 2.23. The van der Waals surface area contributed by atoms with Crippen LogP contribution in [0.25, 0.3) is 37.5 Å². The van der Waals surface area contributed by atoms with Gasteiger partial charge in [-0.15, -0.1) is 32.9 Å². The van der Waals surface area contributed by atoms with Crippen LogP contribution >= 0.6 is 22.7 Å². The number of nitrogens with one attached hydrogen (secondary N) is 3. The summed E-state index contributed by atoms with van der Waals surface area (Å²) in [6.07, 6.45) is 0.224. The van der Waals surface area contributed by atoms with E-state index in [9.17, 15) is 29.1 Å². The number of rotatable bonds is 15. The maximum absolute atomic E-state index is 14.4. The quantitative estimate of drug-likeness (QED) is 0.0703. The van der Waals surface area contributed by atoms with Gasteiger partial charge in [0.25, 0.3) is 11.8 Å². The number of amides is 4. The molecule has 18 nitrogen and oxygen atoms in total. The molecule has 428 valence electrons. The van der Waals surface area contributed by atoms with Crippen LogP contribution in [-0.2, 0) is 19.1 Å². The van der Waals surface area contributed by atoms with Crippen molar-refractivity contribution in [3.63, 3.8) is 0 Å². The van der Waals surface area contributed by atoms with Gasteiger partial charge in [0.2, 0.25) is 11.8 Å². The molecular weight excluding hydrogens is 1090 g/mol. The molecule has 11 rings (SSSR count). The molecule has 0 unspecified atom stereocenters. The number of carbonyl (C=O) groups excluding carboxylic acids is 5. The lowest BCUT2D eigenvalue weighted by Crippen LogP contribution is -2.57. The van der Waals surface area contributed by atoms with Crippen LogP contribution in [0.2, 0.25) is 0 Å². The van der Waals surface area contributed by atoms with Crippen molar-refractivity contribution in [2.75, 3.05) is 13.7 Å². The van der Waals surface area contributed by atoms with Gasteiger partial charge in [-0.25, -0.2) is 4.98 Å². The van der Waals surface area contributed by atoms with Crippen LogP contribution in [0.1, 0.15) is 131 Å². The predicted molar refractivity (Wildman–Crippen MR) is 317 cm³/mol. The molecule has 1 saturated carbocycles. The van der Waals surface area contributed by atoms with Gasteiger partial charge in [0.05, 0.1) is 47.5 Å². The lowest BCUT2D eigenvalue weighted by atomic mass is 9.85. The third kappa shape index (κ3) is 11.5. The largest absolute Gasteiger partial charge is 0.490 e. The molecule has 3 aliphatic rings. The number of benzene rings is 4. The average molecular weight is 1160 g/mol. The van der Waals surface area contributed by atoms with Gasteiger partial charge in [-0.05, 0) is 104 Å². The Bertz CT molecular complexity index is 3830. The topological polar surface area (TPSA) is 232 Å². The van der Waals surface area contributed by atoms with Crippen molar-refractivity contribution in [1.29, 1.82) is 0 Å². The zero-order valence-electron chi connectivity index (χ0n) is 47.6. The molecule has 2 aliphatic heterocycles. The van der Waals surface area contributed by atoms with E-state index < -0.39 is 47.4 Å². The second kappa shape index (κ2) is 22.8. The van der Waals surface area contributed by atoms with E-state index in [1.165, 1.54) is 12.0 Å². The summed E-state index contributed by atoms with van der Waals surface area (Å²) in [6.45, 7) is 15.3. The number of hydrogen-bond acceptors (Lipinski definition) is 15. The number of aryl methyl sites for hydroxylation is 3. The lowest BCUT2D eigenvalue weighted by molar-refractivity contribution is -0.142. The van der Waals surface area contributed by atoms with Gasteiger partial charge >= 0.3 is 5.97 Å². The number of furan rings is 1. The maximum atomic E-state index is 14.4. The number of ether oxygens (including phenoxy) is 2. The number of aromatic nitrogens is 4. The molecular formula is C63H65N9O9S2. The van der Waals surface area contributed by atoms with Crippen molar-refractivity contribution in [1.82, 2.24) is 40.6 Å². The second-order valence-corrected chi connectivity index (χ2v) is 24.9. The van der Waals surface area contributed by atoms with Crippen molar-refractivity contribution in [2.24, 2.45) is 10.4 Å². The number of methoxy groups -OCH3 is 1. The van der Waals surface area contributed by atoms with Gasteiger partial charge < -0.3 is 39.8 Å². The van der Waals surface area contributed by atoms with E-state index in [-0.39, 0.29) is 55.2 Å². The van der Waals surface area contributed by atoms with Crippen LogP contribution < -0.4 is 20.7 Å². The first kappa shape index (κ1) is 56.5. The minimum Gasteiger partial charge on any atom is -0.490 e. The molecule has 4 aromatic carbocycles. The van der Waals surface area contributed by atoms with Crippen LogP contribution in [0.5, 0.6) is 5.75 Å². The molecule has 83 heavy (non-hydrogen) atoms. The maximum Gasteiger partial charge on any atom is 0.308 e. The number of likely N-dealkylation sites (tertiary alicyclic amines) is 1. The summed E-state index contributed by atoms with van der Waals surface area (Å²) in [4.78, 5) is 81.3. The Hall–Kier alpha value is -8.33. The normalized spacial score (nSPS) is 19.1. The molecule has 4 aromatic heterocycles. The number of aliphatic hydroxyl groups is 1. The minimum atomic E-state index is -1.06. The zero-order chi connectivity index (χ0) is 58.6. The van der Waals surface area contributed by atoms with Crippen LogP contribution in [0.4, 0.5) is 0 Å². The number of nitrogens with zero attached hydrogens (tertiary/aromatic N) is 6. The van der Waals surface area contributed by atoms with Gasteiger partial charge in [0, 0.05) is 58.8 Å².